The van der Waals surface area contributed by atoms with E-state index in [1.54, 1.807) is 19.1 Å². The zero-order chi connectivity index (χ0) is 11.4. The number of rotatable bonds is 3. The fourth-order valence-electron chi connectivity index (χ4n) is 1.14. The Labute approximate surface area is 87.4 Å². The molecule has 0 saturated heterocycles. The summed E-state index contributed by atoms with van der Waals surface area (Å²) in [7, 11) is 1.29. The van der Waals surface area contributed by atoms with Crippen LogP contribution in [0.3, 0.4) is 0 Å². The zero-order valence-electron chi connectivity index (χ0n) is 8.63. The molecule has 1 unspecified atom stereocenters. The van der Waals surface area contributed by atoms with Gasteiger partial charge in [0.15, 0.2) is 11.6 Å². The number of methoxy groups -OCH3 is 1. The minimum Gasteiger partial charge on any atom is -0.493 e. The second kappa shape index (κ2) is 4.89. The van der Waals surface area contributed by atoms with Gasteiger partial charge in [-0.15, -0.1) is 0 Å². The first-order chi connectivity index (χ1) is 7.06. The largest absolute Gasteiger partial charge is 0.493 e. The molecule has 1 rings (SSSR count). The van der Waals surface area contributed by atoms with E-state index in [1.807, 2.05) is 0 Å². The van der Waals surface area contributed by atoms with Gasteiger partial charge in [0.1, 0.15) is 0 Å². The molecule has 0 spiro atoms. The van der Waals surface area contributed by atoms with Crippen LogP contribution in [0.15, 0.2) is 18.2 Å². The van der Waals surface area contributed by atoms with Gasteiger partial charge in [-0.1, -0.05) is 12.2 Å². The van der Waals surface area contributed by atoms with E-state index in [2.05, 4.69) is 0 Å². The fourth-order valence-corrected chi connectivity index (χ4v) is 1.14. The van der Waals surface area contributed by atoms with E-state index in [0.717, 1.165) is 6.07 Å². The highest BCUT2D eigenvalue weighted by Gasteiger charge is 2.12. The van der Waals surface area contributed by atoms with E-state index in [-0.39, 0.29) is 11.8 Å². The van der Waals surface area contributed by atoms with Gasteiger partial charge >= 0.3 is 0 Å². The topological polar surface area (TPSA) is 35.2 Å². The maximum absolute atomic E-state index is 13.2. The summed E-state index contributed by atoms with van der Waals surface area (Å²) in [5.41, 5.74) is 5.97. The van der Waals surface area contributed by atoms with Crippen molar-refractivity contribution in [3.8, 4) is 5.75 Å². The van der Waals surface area contributed by atoms with Crippen LogP contribution in [-0.4, -0.2) is 13.2 Å². The molecule has 0 aromatic heterocycles. The normalized spacial score (nSPS) is 13.1. The molecule has 15 heavy (non-hydrogen) atoms. The summed E-state index contributed by atoms with van der Waals surface area (Å²) in [6.07, 6.45) is 3.28. The van der Waals surface area contributed by atoms with Gasteiger partial charge in [0.25, 0.3) is 0 Å². The smallest absolute Gasteiger partial charge is 0.201 e. The summed E-state index contributed by atoms with van der Waals surface area (Å²) in [5, 5.41) is 0. The third kappa shape index (κ3) is 2.76. The molecule has 1 aromatic carbocycles. The third-order valence-electron chi connectivity index (χ3n) is 1.86. The molecular formula is C11H13F2NO. The highest BCUT2D eigenvalue weighted by molar-refractivity contribution is 5.58. The Bertz CT molecular complexity index is 375. The van der Waals surface area contributed by atoms with Crippen molar-refractivity contribution in [2.75, 3.05) is 7.11 Å². The first kappa shape index (κ1) is 11.7. The minimum atomic E-state index is -0.982. The molecule has 0 bridgehead atoms. The van der Waals surface area contributed by atoms with E-state index in [0.29, 0.717) is 5.56 Å². The number of hydrogen-bond acceptors (Lipinski definition) is 2. The number of benzene rings is 1. The predicted octanol–water partition coefficient (Wildman–Crippen LogP) is 2.33. The van der Waals surface area contributed by atoms with E-state index in [9.17, 15) is 8.78 Å². The van der Waals surface area contributed by atoms with Gasteiger partial charge in [0.2, 0.25) is 5.82 Å². The molecule has 0 radical (unpaired) electrons. The average Bonchev–Trinajstić information content (AvgIpc) is 2.19. The molecule has 0 fully saturated rings. The highest BCUT2D eigenvalue weighted by Crippen LogP contribution is 2.25. The maximum atomic E-state index is 13.2. The van der Waals surface area contributed by atoms with Crippen LogP contribution < -0.4 is 10.5 Å². The van der Waals surface area contributed by atoms with E-state index in [1.165, 1.54) is 13.2 Å². The highest BCUT2D eigenvalue weighted by atomic mass is 19.2. The summed E-state index contributed by atoms with van der Waals surface area (Å²) < 4.78 is 30.8. The SMILES string of the molecule is COc1c(/C=C/C(C)N)ccc(F)c1F. The van der Waals surface area contributed by atoms with Crippen LogP contribution >= 0.6 is 0 Å². The van der Waals surface area contributed by atoms with Crippen molar-refractivity contribution in [3.05, 3.63) is 35.4 Å². The van der Waals surface area contributed by atoms with Crippen molar-refractivity contribution in [2.45, 2.75) is 13.0 Å². The second-order valence-electron chi connectivity index (χ2n) is 3.20. The summed E-state index contributed by atoms with van der Waals surface area (Å²) in [6.45, 7) is 1.78. The first-order valence-corrected chi connectivity index (χ1v) is 4.52. The van der Waals surface area contributed by atoms with Gasteiger partial charge in [-0.2, -0.15) is 4.39 Å². The first-order valence-electron chi connectivity index (χ1n) is 4.52. The molecule has 82 valence electrons. The van der Waals surface area contributed by atoms with Gasteiger partial charge in [-0.05, 0) is 19.1 Å². The van der Waals surface area contributed by atoms with Crippen molar-refractivity contribution >= 4 is 6.08 Å². The van der Waals surface area contributed by atoms with Gasteiger partial charge in [-0.25, -0.2) is 4.39 Å². The Balaban J connectivity index is 3.13. The lowest BCUT2D eigenvalue weighted by atomic mass is 10.1. The summed E-state index contributed by atoms with van der Waals surface area (Å²) in [5.74, 6) is -2.01. The molecule has 4 heteroatoms. The summed E-state index contributed by atoms with van der Waals surface area (Å²) in [4.78, 5) is 0. The monoisotopic (exact) mass is 213 g/mol. The van der Waals surface area contributed by atoms with Crippen LogP contribution in [-0.2, 0) is 0 Å². The van der Waals surface area contributed by atoms with Crippen molar-refractivity contribution in [2.24, 2.45) is 5.73 Å². The molecule has 2 N–H and O–H groups in total. The van der Waals surface area contributed by atoms with Crippen molar-refractivity contribution in [1.29, 1.82) is 0 Å². The second-order valence-corrected chi connectivity index (χ2v) is 3.20. The number of halogens is 2. The molecule has 0 heterocycles. The lowest BCUT2D eigenvalue weighted by molar-refractivity contribution is 0.371. The average molecular weight is 213 g/mol. The van der Waals surface area contributed by atoms with Crippen molar-refractivity contribution in [1.82, 2.24) is 0 Å². The Hall–Kier alpha value is -1.42. The zero-order valence-corrected chi connectivity index (χ0v) is 8.63. The Morgan fingerprint density at radius 2 is 2.07 bits per heavy atom. The van der Waals surface area contributed by atoms with Crippen LogP contribution in [0.1, 0.15) is 12.5 Å². The number of hydrogen-bond donors (Lipinski definition) is 1. The van der Waals surface area contributed by atoms with Gasteiger partial charge < -0.3 is 10.5 Å². The molecule has 0 saturated carbocycles. The Morgan fingerprint density at radius 1 is 1.40 bits per heavy atom. The quantitative estimate of drug-likeness (QED) is 0.836. The van der Waals surface area contributed by atoms with Gasteiger partial charge in [-0.3, -0.25) is 0 Å². The molecule has 1 aromatic rings. The molecule has 0 amide bonds. The molecule has 1 atom stereocenters. The van der Waals surface area contributed by atoms with Crippen LogP contribution in [0.5, 0.6) is 5.75 Å². The van der Waals surface area contributed by atoms with Gasteiger partial charge in [0, 0.05) is 11.6 Å². The number of ether oxygens (including phenoxy) is 1. The lowest BCUT2D eigenvalue weighted by Gasteiger charge is -2.06. The molecule has 0 aliphatic carbocycles. The standard InChI is InChI=1S/C11H13F2NO/c1-7(14)3-4-8-5-6-9(12)10(13)11(8)15-2/h3-7H,14H2,1-2H3/b4-3+. The Kier molecular flexibility index (Phi) is 3.80. The van der Waals surface area contributed by atoms with E-state index < -0.39 is 11.6 Å². The number of nitrogens with two attached hydrogens (primary N) is 1. The Morgan fingerprint density at radius 3 is 2.60 bits per heavy atom. The molecule has 2 nitrogen and oxygen atoms in total. The van der Waals surface area contributed by atoms with Crippen molar-refractivity contribution in [3.63, 3.8) is 0 Å². The molecule has 0 aliphatic rings. The van der Waals surface area contributed by atoms with Crippen LogP contribution in [0.4, 0.5) is 8.78 Å². The predicted molar refractivity (Wildman–Crippen MR) is 55.6 cm³/mol. The van der Waals surface area contributed by atoms with Gasteiger partial charge in [0.05, 0.1) is 7.11 Å². The van der Waals surface area contributed by atoms with Crippen molar-refractivity contribution < 1.29 is 13.5 Å². The van der Waals surface area contributed by atoms with Crippen LogP contribution in [0.2, 0.25) is 0 Å². The maximum Gasteiger partial charge on any atom is 0.201 e. The molecular weight excluding hydrogens is 200 g/mol. The van der Waals surface area contributed by atoms with Crippen LogP contribution in [0.25, 0.3) is 6.08 Å². The molecule has 0 aliphatic heterocycles. The van der Waals surface area contributed by atoms with E-state index >= 15 is 0 Å². The lowest BCUT2D eigenvalue weighted by Crippen LogP contribution is -2.10. The minimum absolute atomic E-state index is 0.105. The fraction of sp³-hybridized carbons (Fsp3) is 0.273. The third-order valence-corrected chi connectivity index (χ3v) is 1.86. The van der Waals surface area contributed by atoms with Crippen LogP contribution in [0, 0.1) is 11.6 Å². The summed E-state index contributed by atoms with van der Waals surface area (Å²) >= 11 is 0. The van der Waals surface area contributed by atoms with E-state index in [4.69, 9.17) is 10.5 Å². The summed E-state index contributed by atoms with van der Waals surface area (Å²) in [6, 6.07) is 2.34.